The summed E-state index contributed by atoms with van der Waals surface area (Å²) in [5.74, 6) is 0.250. The molecule has 2 aromatic rings. The van der Waals surface area contributed by atoms with Gasteiger partial charge in [-0.25, -0.2) is 0 Å². The van der Waals surface area contributed by atoms with E-state index in [1.807, 2.05) is 0 Å². The molecule has 128 valence electrons. The van der Waals surface area contributed by atoms with Gasteiger partial charge < -0.3 is 24.1 Å². The van der Waals surface area contributed by atoms with E-state index in [9.17, 15) is 15.0 Å². The number of hydrogen-bond acceptors (Lipinski definition) is 7. The molecule has 0 saturated carbocycles. The zero-order valence-electron chi connectivity index (χ0n) is 13.3. The van der Waals surface area contributed by atoms with Crippen LogP contribution in [-0.2, 0) is 11.3 Å². The number of rotatable bonds is 4. The smallest absolute Gasteiger partial charge is 0.227 e. The van der Waals surface area contributed by atoms with E-state index >= 15 is 0 Å². The standard InChI is InChI=1S/C17H19NO6/c1-22-15-8-11(2-3-13(15)19)17-16(21)14(20)9-12(24-17)10-18-4-6-23-7-5-18/h2-3,8-9,19,21H,4-7,10H2,1H3. The van der Waals surface area contributed by atoms with Gasteiger partial charge in [0, 0.05) is 24.7 Å². The molecule has 1 fully saturated rings. The van der Waals surface area contributed by atoms with Crippen molar-refractivity contribution in [3.8, 4) is 28.6 Å². The van der Waals surface area contributed by atoms with Crippen LogP contribution in [0.4, 0.5) is 0 Å². The number of phenolic OH excluding ortho intramolecular Hbond substituents is 1. The number of ether oxygens (including phenoxy) is 2. The van der Waals surface area contributed by atoms with Gasteiger partial charge in [0.1, 0.15) is 5.76 Å². The van der Waals surface area contributed by atoms with Crippen LogP contribution in [0.5, 0.6) is 17.2 Å². The van der Waals surface area contributed by atoms with Crippen LogP contribution in [0.1, 0.15) is 5.76 Å². The summed E-state index contributed by atoms with van der Waals surface area (Å²) in [5, 5.41) is 19.7. The molecule has 7 heteroatoms. The maximum atomic E-state index is 12.1. The minimum atomic E-state index is -0.508. The molecule has 24 heavy (non-hydrogen) atoms. The summed E-state index contributed by atoms with van der Waals surface area (Å²) in [5.41, 5.74) is -0.0605. The van der Waals surface area contributed by atoms with Crippen molar-refractivity contribution >= 4 is 0 Å². The Morgan fingerprint density at radius 2 is 1.96 bits per heavy atom. The molecule has 2 heterocycles. The molecule has 0 amide bonds. The first-order valence-corrected chi connectivity index (χ1v) is 7.62. The van der Waals surface area contributed by atoms with Gasteiger partial charge in [-0.2, -0.15) is 0 Å². The summed E-state index contributed by atoms with van der Waals surface area (Å²) in [7, 11) is 1.42. The minimum Gasteiger partial charge on any atom is -0.504 e. The Morgan fingerprint density at radius 3 is 2.67 bits per heavy atom. The molecular weight excluding hydrogens is 314 g/mol. The van der Waals surface area contributed by atoms with Gasteiger partial charge in [0.2, 0.25) is 11.2 Å². The van der Waals surface area contributed by atoms with Gasteiger partial charge in [-0.15, -0.1) is 0 Å². The maximum absolute atomic E-state index is 12.1. The summed E-state index contributed by atoms with van der Waals surface area (Å²) in [6, 6.07) is 5.77. The molecule has 2 N–H and O–H groups in total. The summed E-state index contributed by atoms with van der Waals surface area (Å²) >= 11 is 0. The Morgan fingerprint density at radius 1 is 1.21 bits per heavy atom. The highest BCUT2D eigenvalue weighted by Crippen LogP contribution is 2.34. The van der Waals surface area contributed by atoms with Crippen LogP contribution in [0, 0.1) is 0 Å². The molecular formula is C17H19NO6. The predicted molar refractivity (Wildman–Crippen MR) is 86.4 cm³/mol. The molecule has 0 bridgehead atoms. The lowest BCUT2D eigenvalue weighted by molar-refractivity contribution is 0.0311. The van der Waals surface area contributed by atoms with Crippen molar-refractivity contribution in [3.05, 3.63) is 40.2 Å². The van der Waals surface area contributed by atoms with Gasteiger partial charge in [0.15, 0.2) is 17.3 Å². The summed E-state index contributed by atoms with van der Waals surface area (Å²) in [6.45, 7) is 3.26. The van der Waals surface area contributed by atoms with E-state index in [0.717, 1.165) is 13.1 Å². The molecule has 1 aromatic carbocycles. The van der Waals surface area contributed by atoms with E-state index in [0.29, 0.717) is 31.1 Å². The van der Waals surface area contributed by atoms with Crippen molar-refractivity contribution in [2.24, 2.45) is 0 Å². The number of nitrogens with zero attached hydrogens (tertiary/aromatic N) is 1. The summed E-state index contributed by atoms with van der Waals surface area (Å²) in [4.78, 5) is 14.2. The highest BCUT2D eigenvalue weighted by molar-refractivity contribution is 5.67. The summed E-state index contributed by atoms with van der Waals surface area (Å²) < 4.78 is 16.1. The highest BCUT2D eigenvalue weighted by atomic mass is 16.5. The highest BCUT2D eigenvalue weighted by Gasteiger charge is 2.18. The summed E-state index contributed by atoms with van der Waals surface area (Å²) in [6.07, 6.45) is 0. The molecule has 0 unspecified atom stereocenters. The van der Waals surface area contributed by atoms with Crippen LogP contribution in [0.25, 0.3) is 11.3 Å². The lowest BCUT2D eigenvalue weighted by Crippen LogP contribution is -2.35. The predicted octanol–water partition coefficient (Wildman–Crippen LogP) is 1.56. The molecule has 1 aliphatic heterocycles. The molecule has 1 aromatic heterocycles. The lowest BCUT2D eigenvalue weighted by Gasteiger charge is -2.26. The van der Waals surface area contributed by atoms with Crippen molar-refractivity contribution < 1.29 is 24.1 Å². The van der Waals surface area contributed by atoms with Gasteiger partial charge >= 0.3 is 0 Å². The van der Waals surface area contributed by atoms with E-state index < -0.39 is 11.2 Å². The van der Waals surface area contributed by atoms with Gasteiger partial charge in [-0.05, 0) is 18.2 Å². The van der Waals surface area contributed by atoms with Crippen LogP contribution >= 0.6 is 0 Å². The number of benzene rings is 1. The van der Waals surface area contributed by atoms with Crippen molar-refractivity contribution in [2.45, 2.75) is 6.54 Å². The quantitative estimate of drug-likeness (QED) is 0.877. The maximum Gasteiger partial charge on any atom is 0.227 e. The van der Waals surface area contributed by atoms with E-state index in [4.69, 9.17) is 13.9 Å². The first kappa shape index (κ1) is 16.4. The fourth-order valence-electron chi connectivity index (χ4n) is 2.61. The van der Waals surface area contributed by atoms with Gasteiger partial charge in [0.05, 0.1) is 26.9 Å². The molecule has 0 spiro atoms. The molecule has 1 saturated heterocycles. The van der Waals surface area contributed by atoms with Crippen molar-refractivity contribution in [1.29, 1.82) is 0 Å². The van der Waals surface area contributed by atoms with Crippen molar-refractivity contribution in [1.82, 2.24) is 4.90 Å². The molecule has 3 rings (SSSR count). The van der Waals surface area contributed by atoms with Crippen LogP contribution in [0.3, 0.4) is 0 Å². The topological polar surface area (TPSA) is 92.4 Å². The van der Waals surface area contributed by atoms with E-state index in [-0.39, 0.29) is 17.3 Å². The Bertz CT molecular complexity index is 779. The second-order valence-corrected chi connectivity index (χ2v) is 5.53. The van der Waals surface area contributed by atoms with Crippen molar-refractivity contribution in [2.75, 3.05) is 33.4 Å². The SMILES string of the molecule is COc1cc(-c2oc(CN3CCOCC3)cc(=O)c2O)ccc1O. The number of methoxy groups -OCH3 is 1. The average molecular weight is 333 g/mol. The number of morpholine rings is 1. The Hall–Kier alpha value is -2.51. The molecule has 0 atom stereocenters. The monoisotopic (exact) mass is 333 g/mol. The number of hydrogen-bond donors (Lipinski definition) is 2. The molecule has 1 aliphatic rings. The van der Waals surface area contributed by atoms with E-state index in [1.54, 1.807) is 6.07 Å². The molecule has 0 aliphatic carbocycles. The first-order chi connectivity index (χ1) is 11.6. The third kappa shape index (κ3) is 3.37. The lowest BCUT2D eigenvalue weighted by atomic mass is 10.1. The van der Waals surface area contributed by atoms with Gasteiger partial charge in [0.25, 0.3) is 0 Å². The molecule has 7 nitrogen and oxygen atoms in total. The van der Waals surface area contributed by atoms with Crippen LogP contribution in [0.2, 0.25) is 0 Å². The molecule has 0 radical (unpaired) electrons. The van der Waals surface area contributed by atoms with Crippen LogP contribution < -0.4 is 10.2 Å². The zero-order valence-corrected chi connectivity index (χ0v) is 13.3. The fraction of sp³-hybridized carbons (Fsp3) is 0.353. The third-order valence-electron chi connectivity index (χ3n) is 3.90. The number of aromatic hydroxyl groups is 2. The second kappa shape index (κ2) is 6.94. The zero-order chi connectivity index (χ0) is 17.1. The normalized spacial score (nSPS) is 15.4. The van der Waals surface area contributed by atoms with Gasteiger partial charge in [-0.3, -0.25) is 9.69 Å². The Kier molecular flexibility index (Phi) is 4.73. The second-order valence-electron chi connectivity index (χ2n) is 5.53. The van der Waals surface area contributed by atoms with Gasteiger partial charge in [-0.1, -0.05) is 0 Å². The van der Waals surface area contributed by atoms with Crippen LogP contribution in [-0.4, -0.2) is 48.5 Å². The average Bonchev–Trinajstić information content (AvgIpc) is 2.59. The van der Waals surface area contributed by atoms with E-state index in [1.165, 1.54) is 25.3 Å². The fourth-order valence-corrected chi connectivity index (χ4v) is 2.61. The van der Waals surface area contributed by atoms with Crippen molar-refractivity contribution in [3.63, 3.8) is 0 Å². The number of phenols is 1. The minimum absolute atomic E-state index is 0.0347. The largest absolute Gasteiger partial charge is 0.504 e. The van der Waals surface area contributed by atoms with Crippen LogP contribution in [0.15, 0.2) is 33.5 Å². The Balaban J connectivity index is 1.96. The first-order valence-electron chi connectivity index (χ1n) is 7.62. The Labute approximate surface area is 138 Å². The third-order valence-corrected chi connectivity index (χ3v) is 3.90. The van der Waals surface area contributed by atoms with E-state index in [2.05, 4.69) is 4.90 Å².